The molecule has 1 saturated heterocycles. The van der Waals surface area contributed by atoms with E-state index in [0.717, 1.165) is 36.8 Å². The molecule has 2 aliphatic rings. The summed E-state index contributed by atoms with van der Waals surface area (Å²) in [5, 5.41) is 3.39. The van der Waals surface area contributed by atoms with Gasteiger partial charge in [0.05, 0.1) is 11.3 Å². The maximum atomic E-state index is 13.9. The van der Waals surface area contributed by atoms with Crippen LogP contribution >= 0.6 is 15.9 Å². The maximum Gasteiger partial charge on any atom is 0.147 e. The summed E-state index contributed by atoms with van der Waals surface area (Å²) < 4.78 is 20.8. The van der Waals surface area contributed by atoms with Crippen LogP contribution in [0.1, 0.15) is 44.9 Å². The fourth-order valence-corrected chi connectivity index (χ4v) is 3.99. The molecule has 2 fully saturated rings. The molecule has 1 atom stereocenters. The van der Waals surface area contributed by atoms with Crippen molar-refractivity contribution in [2.24, 2.45) is 0 Å². The summed E-state index contributed by atoms with van der Waals surface area (Å²) in [7, 11) is 0. The summed E-state index contributed by atoms with van der Waals surface area (Å²) in [6, 6.07) is 5.40. The topological polar surface area (TPSA) is 21.3 Å². The van der Waals surface area contributed by atoms with E-state index in [1.165, 1.54) is 25.3 Å². The molecule has 1 saturated carbocycles. The average Bonchev–Trinajstić information content (AvgIpc) is 2.44. The second-order valence-electron chi connectivity index (χ2n) is 6.02. The fourth-order valence-electron chi connectivity index (χ4n) is 3.54. The molecule has 1 N–H and O–H groups in total. The Hall–Kier alpha value is -0.610. The van der Waals surface area contributed by atoms with Gasteiger partial charge in [-0.15, -0.1) is 0 Å². The van der Waals surface area contributed by atoms with Crippen LogP contribution < -0.4 is 5.32 Å². The Morgan fingerprint density at radius 1 is 1.25 bits per heavy atom. The summed E-state index contributed by atoms with van der Waals surface area (Å²) in [5.41, 5.74) is 0.636. The minimum atomic E-state index is -0.191. The molecule has 2 nitrogen and oxygen atoms in total. The minimum absolute atomic E-state index is 0.0475. The van der Waals surface area contributed by atoms with Crippen molar-refractivity contribution in [3.05, 3.63) is 28.5 Å². The van der Waals surface area contributed by atoms with Crippen molar-refractivity contribution >= 4 is 21.6 Å². The van der Waals surface area contributed by atoms with E-state index in [9.17, 15) is 4.39 Å². The van der Waals surface area contributed by atoms with Gasteiger partial charge in [-0.3, -0.25) is 0 Å². The number of nitrogens with one attached hydrogen (secondary N) is 1. The van der Waals surface area contributed by atoms with Crippen LogP contribution in [0.2, 0.25) is 0 Å². The van der Waals surface area contributed by atoms with Crippen LogP contribution in [0.4, 0.5) is 10.1 Å². The lowest BCUT2D eigenvalue weighted by molar-refractivity contribution is -0.103. The average molecular weight is 342 g/mol. The van der Waals surface area contributed by atoms with Crippen molar-refractivity contribution in [1.82, 2.24) is 0 Å². The number of benzene rings is 1. The summed E-state index contributed by atoms with van der Waals surface area (Å²) in [6.07, 6.45) is 8.10. The summed E-state index contributed by atoms with van der Waals surface area (Å²) in [4.78, 5) is 0. The smallest absolute Gasteiger partial charge is 0.147 e. The van der Waals surface area contributed by atoms with Crippen molar-refractivity contribution in [2.75, 3.05) is 11.9 Å². The van der Waals surface area contributed by atoms with Crippen LogP contribution in [0.15, 0.2) is 22.7 Å². The van der Waals surface area contributed by atoms with Crippen LogP contribution in [-0.2, 0) is 4.74 Å². The van der Waals surface area contributed by atoms with E-state index in [-0.39, 0.29) is 11.4 Å². The minimum Gasteiger partial charge on any atom is -0.379 e. The van der Waals surface area contributed by atoms with Gasteiger partial charge in [0.2, 0.25) is 0 Å². The molecule has 1 spiro atoms. The normalized spacial score (nSPS) is 25.6. The van der Waals surface area contributed by atoms with E-state index >= 15 is 0 Å². The number of hydrogen-bond donors (Lipinski definition) is 1. The molecule has 110 valence electrons. The van der Waals surface area contributed by atoms with Crippen LogP contribution in [0.5, 0.6) is 0 Å². The predicted molar refractivity (Wildman–Crippen MR) is 82.5 cm³/mol. The van der Waals surface area contributed by atoms with Gasteiger partial charge < -0.3 is 10.1 Å². The SMILES string of the molecule is Fc1cccc(Br)c1NC1CCOC2(CCCCC2)C1. The first-order valence-corrected chi connectivity index (χ1v) is 8.32. The van der Waals surface area contributed by atoms with Crippen LogP contribution in [0.3, 0.4) is 0 Å². The molecule has 4 heteroatoms. The van der Waals surface area contributed by atoms with Crippen LogP contribution in [0, 0.1) is 5.82 Å². The Bertz CT molecular complexity index is 448. The molecule has 1 unspecified atom stereocenters. The zero-order chi connectivity index (χ0) is 14.0. The van der Waals surface area contributed by atoms with Gasteiger partial charge in [-0.25, -0.2) is 4.39 Å². The molecule has 0 amide bonds. The molecule has 3 rings (SSSR count). The highest BCUT2D eigenvalue weighted by Gasteiger charge is 2.38. The largest absolute Gasteiger partial charge is 0.379 e. The quantitative estimate of drug-likeness (QED) is 0.827. The predicted octanol–water partition coefficient (Wildman–Crippen LogP) is 4.88. The third-order valence-corrected chi connectivity index (χ3v) is 5.23. The number of rotatable bonds is 2. The molecule has 0 radical (unpaired) electrons. The first-order valence-electron chi connectivity index (χ1n) is 7.53. The summed E-state index contributed by atoms with van der Waals surface area (Å²) in [5.74, 6) is -0.191. The summed E-state index contributed by atoms with van der Waals surface area (Å²) in [6.45, 7) is 0.781. The second kappa shape index (κ2) is 6.02. The number of hydrogen-bond acceptors (Lipinski definition) is 2. The molecule has 0 aromatic heterocycles. The molecule has 1 heterocycles. The van der Waals surface area contributed by atoms with Gasteiger partial charge >= 0.3 is 0 Å². The standard InChI is InChI=1S/C16H21BrFNO/c17-13-5-4-6-14(18)15(13)19-12-7-10-20-16(11-12)8-2-1-3-9-16/h4-6,12,19H,1-3,7-11H2. The van der Waals surface area contributed by atoms with Gasteiger partial charge in [0.15, 0.2) is 0 Å². The van der Waals surface area contributed by atoms with E-state index < -0.39 is 0 Å². The molecule has 20 heavy (non-hydrogen) atoms. The molecule has 1 aliphatic heterocycles. The van der Waals surface area contributed by atoms with Crippen LogP contribution in [-0.4, -0.2) is 18.2 Å². The van der Waals surface area contributed by atoms with Crippen molar-refractivity contribution in [3.63, 3.8) is 0 Å². The molecular weight excluding hydrogens is 321 g/mol. The Labute approximate surface area is 128 Å². The van der Waals surface area contributed by atoms with Crippen molar-refractivity contribution in [3.8, 4) is 0 Å². The molecule has 1 aromatic rings. The van der Waals surface area contributed by atoms with E-state index in [1.54, 1.807) is 6.07 Å². The van der Waals surface area contributed by atoms with Crippen LogP contribution in [0.25, 0.3) is 0 Å². The zero-order valence-corrected chi connectivity index (χ0v) is 13.2. The highest BCUT2D eigenvalue weighted by molar-refractivity contribution is 9.10. The first-order chi connectivity index (χ1) is 9.69. The Morgan fingerprint density at radius 2 is 2.05 bits per heavy atom. The van der Waals surface area contributed by atoms with Gasteiger partial charge in [-0.1, -0.05) is 25.3 Å². The van der Waals surface area contributed by atoms with Crippen molar-refractivity contribution < 1.29 is 9.13 Å². The Morgan fingerprint density at radius 3 is 2.80 bits per heavy atom. The molecular formula is C16H21BrFNO. The number of halogens is 2. The van der Waals surface area contributed by atoms with E-state index in [4.69, 9.17) is 4.74 Å². The monoisotopic (exact) mass is 341 g/mol. The Kier molecular flexibility index (Phi) is 4.32. The van der Waals surface area contributed by atoms with E-state index in [2.05, 4.69) is 21.2 Å². The highest BCUT2D eigenvalue weighted by atomic mass is 79.9. The second-order valence-corrected chi connectivity index (χ2v) is 6.88. The van der Waals surface area contributed by atoms with Gasteiger partial charge in [-0.05, 0) is 53.7 Å². The fraction of sp³-hybridized carbons (Fsp3) is 0.625. The Balaban J connectivity index is 1.71. The van der Waals surface area contributed by atoms with Crippen molar-refractivity contribution in [2.45, 2.75) is 56.6 Å². The number of anilines is 1. The third kappa shape index (κ3) is 3.01. The lowest BCUT2D eigenvalue weighted by Gasteiger charge is -2.44. The zero-order valence-electron chi connectivity index (χ0n) is 11.6. The first kappa shape index (κ1) is 14.3. The molecule has 1 aromatic carbocycles. The lowest BCUT2D eigenvalue weighted by atomic mass is 9.78. The molecule has 0 bridgehead atoms. The van der Waals surface area contributed by atoms with E-state index in [1.807, 2.05) is 6.07 Å². The summed E-state index contributed by atoms with van der Waals surface area (Å²) >= 11 is 3.43. The van der Waals surface area contributed by atoms with Gasteiger partial charge in [0.25, 0.3) is 0 Å². The maximum absolute atomic E-state index is 13.9. The third-order valence-electron chi connectivity index (χ3n) is 4.57. The number of ether oxygens (including phenoxy) is 1. The van der Waals surface area contributed by atoms with Crippen molar-refractivity contribution in [1.29, 1.82) is 0 Å². The van der Waals surface area contributed by atoms with Gasteiger partial charge in [-0.2, -0.15) is 0 Å². The van der Waals surface area contributed by atoms with E-state index in [0.29, 0.717) is 11.7 Å². The van der Waals surface area contributed by atoms with Gasteiger partial charge in [0.1, 0.15) is 5.82 Å². The molecule has 1 aliphatic carbocycles. The highest BCUT2D eigenvalue weighted by Crippen LogP contribution is 2.39. The number of para-hydroxylation sites is 1. The lowest BCUT2D eigenvalue weighted by Crippen LogP contribution is -2.45. The van der Waals surface area contributed by atoms with Gasteiger partial charge in [0, 0.05) is 17.1 Å².